The molecule has 0 radical (unpaired) electrons. The third-order valence-corrected chi connectivity index (χ3v) is 8.98. The fourth-order valence-electron chi connectivity index (χ4n) is 6.43. The molecule has 19 heteroatoms. The summed E-state index contributed by atoms with van der Waals surface area (Å²) in [7, 11) is 4.75. The van der Waals surface area contributed by atoms with Gasteiger partial charge in [0.15, 0.2) is 29.4 Å². The summed E-state index contributed by atoms with van der Waals surface area (Å²) in [5.41, 5.74) is 7.49. The van der Waals surface area contributed by atoms with E-state index in [0.717, 1.165) is 0 Å². The summed E-state index contributed by atoms with van der Waals surface area (Å²) in [5.74, 6) is -4.14. The Balaban J connectivity index is 0.000000340. The quantitative estimate of drug-likeness (QED) is 0.0677. The Labute approximate surface area is 295 Å². The smallest absolute Gasteiger partial charge is 0.271 e. The number of rotatable bonds is 8. The summed E-state index contributed by atoms with van der Waals surface area (Å²) in [5, 5.41) is 62.6. The van der Waals surface area contributed by atoms with Crippen LogP contribution in [0.1, 0.15) is 79.3 Å². The number of ether oxygens (including phenoxy) is 3. The lowest BCUT2D eigenvalue weighted by Gasteiger charge is -2.42. The molecule has 0 saturated carbocycles. The number of H-pyrrole nitrogens is 1. The number of aliphatic hydroxyl groups excluding tert-OH is 2. The van der Waals surface area contributed by atoms with E-state index in [1.807, 2.05) is 0 Å². The molecule has 52 heavy (non-hydrogen) atoms. The molecule has 278 valence electrons. The van der Waals surface area contributed by atoms with Crippen LogP contribution in [-0.2, 0) is 20.7 Å². The first-order chi connectivity index (χ1) is 24.5. The van der Waals surface area contributed by atoms with E-state index in [2.05, 4.69) is 20.3 Å². The zero-order chi connectivity index (χ0) is 38.2. The average Bonchev–Trinajstić information content (AvgIpc) is 3.59. The van der Waals surface area contributed by atoms with E-state index in [-0.39, 0.29) is 45.9 Å². The van der Waals surface area contributed by atoms with Gasteiger partial charge in [-0.1, -0.05) is 17.4 Å². The highest BCUT2D eigenvalue weighted by molar-refractivity contribution is 6.31. The number of hydrogen-bond donors (Lipinski definition) is 8. The van der Waals surface area contributed by atoms with Crippen molar-refractivity contribution in [3.8, 4) is 17.2 Å². The number of aromatic amines is 1. The number of carbonyl (C=O) groups excluding carboxylic acids is 4. The molecule has 1 aliphatic heterocycles. The molecule has 2 aromatic carbocycles. The highest BCUT2D eigenvalue weighted by atomic mass is 16.7. The van der Waals surface area contributed by atoms with Crippen molar-refractivity contribution < 1.29 is 58.9 Å². The molecule has 3 aromatic rings. The third kappa shape index (κ3) is 6.84. The lowest BCUT2D eigenvalue weighted by atomic mass is 9.72. The highest BCUT2D eigenvalue weighted by Gasteiger charge is 2.50. The molecule has 0 unspecified atom stereocenters. The van der Waals surface area contributed by atoms with Gasteiger partial charge in [-0.05, 0) is 13.0 Å². The van der Waals surface area contributed by atoms with E-state index in [9.17, 15) is 44.7 Å². The van der Waals surface area contributed by atoms with E-state index in [0.29, 0.717) is 0 Å². The Kier molecular flexibility index (Phi) is 10.8. The largest absolute Gasteiger partial charge is 0.507 e. The number of imidazole rings is 1. The second-order valence-corrected chi connectivity index (χ2v) is 12.7. The maximum atomic E-state index is 13.6. The van der Waals surface area contributed by atoms with Gasteiger partial charge in [0.1, 0.15) is 29.5 Å². The van der Waals surface area contributed by atoms with Crippen molar-refractivity contribution in [3.63, 3.8) is 0 Å². The van der Waals surface area contributed by atoms with Crippen molar-refractivity contribution in [1.29, 1.82) is 0 Å². The summed E-state index contributed by atoms with van der Waals surface area (Å²) >= 11 is 0. The van der Waals surface area contributed by atoms with Gasteiger partial charge in [0, 0.05) is 56.1 Å². The summed E-state index contributed by atoms with van der Waals surface area (Å²) in [4.78, 5) is 56.8. The number of nitrogens with one attached hydrogen (secondary N) is 1. The fraction of sp³-hybridized carbons (Fsp3) is 0.424. The normalized spacial score (nSPS) is 25.0. The van der Waals surface area contributed by atoms with Crippen LogP contribution in [0, 0.1) is 0 Å². The predicted octanol–water partition coefficient (Wildman–Crippen LogP) is 0.0702. The summed E-state index contributed by atoms with van der Waals surface area (Å²) in [6.45, 7) is 0.560. The molecule has 1 saturated heterocycles. The standard InChI is InChI=1S/C27H29NO11.C6H10N6O/c1-10-22(31)13(28)6-17(38-10)39-15-8-27(36,16(30)9-29)7-12-19(15)26(35)21-20(24(12)33)23(32)11-4-3-5-14(37-2)18(11)25(21)34;1-12(2)11-10-6-4(5(7)13)8-3-9-6/h3-5,10,13,15,17,22,29,31,33,35-36H,6-9,28H2,1-2H3;3H,1-2H3,(H2,7,13)(H,8,9)/t10-,13-,15-,17-,22+,27-;/m0./s1. The Morgan fingerprint density at radius 2 is 1.85 bits per heavy atom. The highest BCUT2D eigenvalue weighted by Crippen LogP contribution is 2.52. The van der Waals surface area contributed by atoms with Crippen LogP contribution in [0.5, 0.6) is 17.2 Å². The molecule has 0 bridgehead atoms. The van der Waals surface area contributed by atoms with Gasteiger partial charge in [-0.3, -0.25) is 24.2 Å². The zero-order valence-electron chi connectivity index (χ0n) is 28.6. The first-order valence-corrected chi connectivity index (χ1v) is 15.9. The number of hydrogen-bond acceptors (Lipinski definition) is 16. The molecule has 1 fully saturated rings. The molecule has 3 aliphatic rings. The van der Waals surface area contributed by atoms with Gasteiger partial charge in [0.2, 0.25) is 5.78 Å². The number of ketones is 3. The molecule has 6 atom stereocenters. The van der Waals surface area contributed by atoms with Crippen LogP contribution in [0.2, 0.25) is 0 Å². The van der Waals surface area contributed by atoms with Gasteiger partial charge in [-0.2, -0.15) is 0 Å². The number of primary amides is 1. The number of phenols is 2. The van der Waals surface area contributed by atoms with Crippen molar-refractivity contribution in [2.75, 3.05) is 27.8 Å². The van der Waals surface area contributed by atoms with Crippen molar-refractivity contribution in [3.05, 3.63) is 63.6 Å². The molecule has 6 rings (SSSR count). The molecule has 1 aromatic heterocycles. The number of amides is 1. The minimum Gasteiger partial charge on any atom is -0.507 e. The number of nitrogens with zero attached hydrogens (tertiary/aromatic N) is 4. The van der Waals surface area contributed by atoms with E-state index in [1.54, 1.807) is 21.0 Å². The first kappa shape index (κ1) is 37.9. The number of aromatic hydroxyl groups is 2. The number of phenolic OH excluding ortho intramolecular Hbond substituents is 2. The van der Waals surface area contributed by atoms with Gasteiger partial charge in [0.25, 0.3) is 5.91 Å². The lowest BCUT2D eigenvalue weighted by Crippen LogP contribution is -2.53. The van der Waals surface area contributed by atoms with Crippen molar-refractivity contribution in [1.82, 2.24) is 15.0 Å². The number of benzene rings is 2. The molecular weight excluding hydrogens is 686 g/mol. The van der Waals surface area contributed by atoms with E-state index < -0.39 is 102 Å². The van der Waals surface area contributed by atoms with Crippen molar-refractivity contribution >= 4 is 29.1 Å². The third-order valence-electron chi connectivity index (χ3n) is 8.98. The van der Waals surface area contributed by atoms with Crippen LogP contribution >= 0.6 is 0 Å². The van der Waals surface area contributed by atoms with Gasteiger partial charge < -0.3 is 56.2 Å². The summed E-state index contributed by atoms with van der Waals surface area (Å²) < 4.78 is 17.0. The minimum absolute atomic E-state index is 0.0173. The number of aromatic nitrogens is 2. The van der Waals surface area contributed by atoms with Crippen LogP contribution in [-0.4, -0.2) is 122 Å². The van der Waals surface area contributed by atoms with Crippen LogP contribution in [0.3, 0.4) is 0 Å². The van der Waals surface area contributed by atoms with Crippen LogP contribution < -0.4 is 16.2 Å². The van der Waals surface area contributed by atoms with Gasteiger partial charge in [-0.25, -0.2) is 4.98 Å². The van der Waals surface area contributed by atoms with Gasteiger partial charge >= 0.3 is 0 Å². The van der Waals surface area contributed by atoms with Gasteiger partial charge in [-0.15, -0.1) is 5.11 Å². The summed E-state index contributed by atoms with van der Waals surface area (Å²) in [6.07, 6.45) is -3.79. The second-order valence-electron chi connectivity index (χ2n) is 12.7. The number of nitrogens with two attached hydrogens (primary N) is 2. The number of Topliss-reactive ketones (excluding diaryl/α,β-unsaturated/α-hetero) is 1. The lowest BCUT2D eigenvalue weighted by molar-refractivity contribution is -0.247. The number of aliphatic hydroxyl groups is 3. The summed E-state index contributed by atoms with van der Waals surface area (Å²) in [6, 6.07) is 3.64. The Hall–Kier alpha value is -5.31. The van der Waals surface area contributed by atoms with Crippen molar-refractivity contribution in [2.45, 2.75) is 62.4 Å². The second kappa shape index (κ2) is 14.7. The van der Waals surface area contributed by atoms with E-state index >= 15 is 0 Å². The molecule has 2 heterocycles. The Morgan fingerprint density at radius 1 is 1.15 bits per heavy atom. The van der Waals surface area contributed by atoms with Crippen LogP contribution in [0.15, 0.2) is 34.9 Å². The molecule has 2 aliphatic carbocycles. The van der Waals surface area contributed by atoms with Gasteiger partial charge in [0.05, 0.1) is 48.4 Å². The first-order valence-electron chi connectivity index (χ1n) is 15.9. The molecule has 0 spiro atoms. The molecular formula is C33H39N7O12. The SMILES string of the molecule is CN(C)N=Nc1[nH]cnc1C(N)=O.COc1cccc2c1C(=O)c1c(O)c3c(c(O)c1C2=O)C[C@@](O)(C(=O)CO)C[C@@H]3O[C@H]1C[C@H](N)[C@H](O)[C@H](C)O1. The van der Waals surface area contributed by atoms with Crippen LogP contribution in [0.25, 0.3) is 0 Å². The average molecular weight is 726 g/mol. The maximum Gasteiger partial charge on any atom is 0.271 e. The molecule has 1 amide bonds. The van der Waals surface area contributed by atoms with Crippen molar-refractivity contribution in [2.24, 2.45) is 21.8 Å². The minimum atomic E-state index is -2.24. The van der Waals surface area contributed by atoms with E-state index in [4.69, 9.17) is 25.7 Å². The number of methoxy groups -OCH3 is 1. The Morgan fingerprint density at radius 3 is 2.46 bits per heavy atom. The maximum absolute atomic E-state index is 13.6. The Bertz CT molecular complexity index is 1930. The predicted molar refractivity (Wildman–Crippen MR) is 177 cm³/mol. The van der Waals surface area contributed by atoms with Crippen LogP contribution in [0.4, 0.5) is 5.82 Å². The zero-order valence-corrected chi connectivity index (χ0v) is 28.6. The fourth-order valence-corrected chi connectivity index (χ4v) is 6.43. The monoisotopic (exact) mass is 725 g/mol. The number of fused-ring (bicyclic) bond motifs is 3. The number of carbonyl (C=O) groups is 4. The topological polar surface area (TPSA) is 306 Å². The molecule has 10 N–H and O–H groups in total. The van der Waals surface area contributed by atoms with E-state index in [1.165, 1.54) is 36.6 Å². The molecule has 19 nitrogen and oxygen atoms in total.